The molecule has 0 aliphatic carbocycles. The predicted molar refractivity (Wildman–Crippen MR) is 129 cm³/mol. The highest BCUT2D eigenvalue weighted by Gasteiger charge is 2.30. The lowest BCUT2D eigenvalue weighted by Crippen LogP contribution is -2.22. The van der Waals surface area contributed by atoms with Crippen molar-refractivity contribution in [2.75, 3.05) is 24.4 Å². The highest BCUT2D eigenvalue weighted by Crippen LogP contribution is 2.43. The van der Waals surface area contributed by atoms with E-state index in [1.54, 1.807) is 18.2 Å². The van der Waals surface area contributed by atoms with E-state index < -0.39 is 27.9 Å². The van der Waals surface area contributed by atoms with Gasteiger partial charge in [-0.2, -0.15) is 0 Å². The smallest absolute Gasteiger partial charge is 0.341 e. The van der Waals surface area contributed by atoms with Gasteiger partial charge in [-0.1, -0.05) is 12.2 Å². The average molecular weight is 515 g/mol. The van der Waals surface area contributed by atoms with Crippen molar-refractivity contribution >= 4 is 27.8 Å². The summed E-state index contributed by atoms with van der Waals surface area (Å²) in [4.78, 5) is 13.9. The summed E-state index contributed by atoms with van der Waals surface area (Å²) in [6.45, 7) is 1.69. The number of rotatable bonds is 7. The molecule has 11 heteroatoms. The number of fused-ring (bicyclic) bond motifs is 3. The summed E-state index contributed by atoms with van der Waals surface area (Å²) in [5.41, 5.74) is 0.733. The minimum atomic E-state index is -4.31. The van der Waals surface area contributed by atoms with Crippen LogP contribution >= 0.6 is 0 Å². The number of furan rings is 1. The van der Waals surface area contributed by atoms with E-state index in [2.05, 4.69) is 4.72 Å². The molecule has 188 valence electrons. The molecule has 0 spiro atoms. The fraction of sp³-hybridized carbons (Fsp3) is 0.240. The van der Waals surface area contributed by atoms with Crippen LogP contribution in [-0.4, -0.2) is 55.2 Å². The first-order valence-corrected chi connectivity index (χ1v) is 12.7. The maximum atomic E-state index is 14.0. The normalized spacial score (nSPS) is 17.6. The first-order valence-electron chi connectivity index (χ1n) is 11.2. The number of hydrogen-bond donors (Lipinski definition) is 3. The number of halogens is 1. The fourth-order valence-corrected chi connectivity index (χ4v) is 5.73. The molecule has 0 radical (unpaired) electrons. The maximum absolute atomic E-state index is 14.0. The molecule has 0 saturated carbocycles. The van der Waals surface area contributed by atoms with Gasteiger partial charge in [0.25, 0.3) is 10.0 Å². The molecular weight excluding hydrogens is 491 g/mol. The summed E-state index contributed by atoms with van der Waals surface area (Å²) in [6.07, 6.45) is 4.93. The average Bonchev–Trinajstić information content (AvgIpc) is 3.47. The Hall–Kier alpha value is -3.67. The lowest BCUT2D eigenvalue weighted by molar-refractivity contribution is 0.0692. The molecule has 2 aromatic carbocycles. The number of aromatic carboxylic acids is 1. The zero-order valence-corrected chi connectivity index (χ0v) is 19.8. The lowest BCUT2D eigenvalue weighted by Gasteiger charge is -2.21. The molecular formula is C25H23FN2O7S. The second kappa shape index (κ2) is 9.41. The molecule has 1 saturated heterocycles. The van der Waals surface area contributed by atoms with Gasteiger partial charge >= 0.3 is 5.97 Å². The monoisotopic (exact) mass is 514 g/mol. The molecule has 1 unspecified atom stereocenters. The van der Waals surface area contributed by atoms with Crippen LogP contribution in [0.4, 0.5) is 10.1 Å². The van der Waals surface area contributed by atoms with Gasteiger partial charge in [-0.05, 0) is 48.4 Å². The van der Waals surface area contributed by atoms with Crippen molar-refractivity contribution < 1.29 is 37.0 Å². The van der Waals surface area contributed by atoms with Crippen LogP contribution < -0.4 is 9.46 Å². The number of β-amino-alcohol motifs (C(OH)–C–C–N with tert-alkyl or cyclic N) is 1. The predicted octanol–water partition coefficient (Wildman–Crippen LogP) is 3.56. The Balaban J connectivity index is 1.47. The number of likely N-dealkylation sites (tertiary alicyclic amines) is 1. The Labute approximate surface area is 206 Å². The second-order valence-electron chi connectivity index (χ2n) is 8.61. The van der Waals surface area contributed by atoms with Crippen molar-refractivity contribution in [3.05, 3.63) is 71.4 Å². The molecule has 1 atom stereocenters. The van der Waals surface area contributed by atoms with Gasteiger partial charge in [-0.25, -0.2) is 17.6 Å². The summed E-state index contributed by atoms with van der Waals surface area (Å²) < 4.78 is 54.0. The van der Waals surface area contributed by atoms with Crippen LogP contribution in [0.5, 0.6) is 5.75 Å². The summed E-state index contributed by atoms with van der Waals surface area (Å²) in [5, 5.41) is 19.6. The highest BCUT2D eigenvalue weighted by atomic mass is 32.2. The molecule has 3 heterocycles. The topological polar surface area (TPSA) is 129 Å². The number of benzene rings is 2. The van der Waals surface area contributed by atoms with Crippen LogP contribution in [0, 0.1) is 5.82 Å². The van der Waals surface area contributed by atoms with E-state index in [1.807, 2.05) is 4.90 Å². The van der Waals surface area contributed by atoms with Crippen molar-refractivity contribution in [1.82, 2.24) is 4.90 Å². The summed E-state index contributed by atoms with van der Waals surface area (Å²) in [6, 6.07) is 7.85. The number of anilines is 1. The second-order valence-corrected chi connectivity index (χ2v) is 10.3. The summed E-state index contributed by atoms with van der Waals surface area (Å²) in [7, 11) is -4.31. The molecule has 9 nitrogen and oxygen atoms in total. The maximum Gasteiger partial charge on any atom is 0.341 e. The van der Waals surface area contributed by atoms with E-state index in [9.17, 15) is 27.8 Å². The summed E-state index contributed by atoms with van der Waals surface area (Å²) >= 11 is 0. The van der Waals surface area contributed by atoms with Crippen molar-refractivity contribution in [3.8, 4) is 16.9 Å². The number of sulfonamides is 1. The SMILES string of the molecule is O=C(O)c1c(NS(=O)(=O)c2ccc(F)cc2/C=C\CN2CCC(O)C2)ccc2c1OCc1occc1-2. The number of aliphatic hydroxyl groups is 1. The third kappa shape index (κ3) is 4.60. The first-order chi connectivity index (χ1) is 17.2. The third-order valence-electron chi connectivity index (χ3n) is 6.17. The third-order valence-corrected chi connectivity index (χ3v) is 7.61. The van der Waals surface area contributed by atoms with Crippen LogP contribution in [0.2, 0.25) is 0 Å². The highest BCUT2D eigenvalue weighted by molar-refractivity contribution is 7.92. The summed E-state index contributed by atoms with van der Waals surface area (Å²) in [5.74, 6) is -1.42. The largest absolute Gasteiger partial charge is 0.484 e. The van der Waals surface area contributed by atoms with Crippen molar-refractivity contribution in [2.24, 2.45) is 0 Å². The van der Waals surface area contributed by atoms with E-state index in [-0.39, 0.29) is 34.1 Å². The van der Waals surface area contributed by atoms with Gasteiger partial charge in [0.15, 0.2) is 0 Å². The number of carbonyl (C=O) groups is 1. The Kier molecular flexibility index (Phi) is 6.29. The molecule has 36 heavy (non-hydrogen) atoms. The van der Waals surface area contributed by atoms with Gasteiger partial charge in [0.2, 0.25) is 0 Å². The zero-order valence-electron chi connectivity index (χ0n) is 19.0. The lowest BCUT2D eigenvalue weighted by atomic mass is 9.98. The zero-order chi connectivity index (χ0) is 25.4. The van der Waals surface area contributed by atoms with E-state index in [4.69, 9.17) is 9.15 Å². The van der Waals surface area contributed by atoms with Gasteiger partial charge in [0.05, 0.1) is 22.9 Å². The number of hydrogen-bond acceptors (Lipinski definition) is 7. The van der Waals surface area contributed by atoms with Gasteiger partial charge in [0, 0.05) is 30.8 Å². The van der Waals surface area contributed by atoms with Crippen molar-refractivity contribution in [1.29, 1.82) is 0 Å². The fourth-order valence-electron chi connectivity index (χ4n) is 4.47. The Morgan fingerprint density at radius 3 is 2.81 bits per heavy atom. The molecule has 3 N–H and O–H groups in total. The van der Waals surface area contributed by atoms with Gasteiger partial charge < -0.3 is 19.4 Å². The van der Waals surface area contributed by atoms with Crippen LogP contribution in [0.15, 0.2) is 58.1 Å². The molecule has 3 aromatic rings. The van der Waals surface area contributed by atoms with E-state index in [0.717, 1.165) is 18.2 Å². The van der Waals surface area contributed by atoms with E-state index >= 15 is 0 Å². The minimum absolute atomic E-state index is 0.00671. The molecule has 2 aliphatic rings. The molecule has 0 amide bonds. The number of carboxylic acid groups (broad SMARTS) is 1. The molecule has 1 aromatic heterocycles. The molecule has 1 fully saturated rings. The Morgan fingerprint density at radius 1 is 1.22 bits per heavy atom. The van der Waals surface area contributed by atoms with Crippen LogP contribution in [0.1, 0.15) is 28.1 Å². The Bertz CT molecular complexity index is 1470. The number of aliphatic hydroxyl groups excluding tert-OH is 1. The first kappa shape index (κ1) is 24.0. The van der Waals surface area contributed by atoms with Crippen LogP contribution in [-0.2, 0) is 16.6 Å². The van der Waals surface area contributed by atoms with Crippen molar-refractivity contribution in [3.63, 3.8) is 0 Å². The van der Waals surface area contributed by atoms with Crippen LogP contribution in [0.25, 0.3) is 17.2 Å². The Morgan fingerprint density at radius 2 is 2.06 bits per heavy atom. The van der Waals surface area contributed by atoms with Gasteiger partial charge in [-0.15, -0.1) is 0 Å². The number of nitrogens with one attached hydrogen (secondary N) is 1. The standard InChI is InChI=1S/C25H23FN2O7S/c26-16-3-6-22(15(12-16)2-1-9-28-10-7-17(29)13-28)36(32,33)27-20-5-4-19-18-8-11-34-21(18)14-35-24(19)23(20)25(30)31/h1-6,8,11-12,17,27,29H,7,9-10,13-14H2,(H,30,31)/b2-1-. The van der Waals surface area contributed by atoms with Crippen molar-refractivity contribution in [2.45, 2.75) is 24.0 Å². The minimum Gasteiger partial charge on any atom is -0.484 e. The number of ether oxygens (including phenoxy) is 1. The van der Waals surface area contributed by atoms with Crippen LogP contribution in [0.3, 0.4) is 0 Å². The molecule has 0 bridgehead atoms. The molecule has 5 rings (SSSR count). The van der Waals surface area contributed by atoms with Gasteiger partial charge in [-0.3, -0.25) is 9.62 Å². The number of nitrogens with zero attached hydrogens (tertiary/aromatic N) is 1. The molecule has 2 aliphatic heterocycles. The van der Waals surface area contributed by atoms with E-state index in [1.165, 1.54) is 18.4 Å². The van der Waals surface area contributed by atoms with Gasteiger partial charge in [0.1, 0.15) is 29.5 Å². The number of carboxylic acids is 1. The van der Waals surface area contributed by atoms with E-state index in [0.29, 0.717) is 42.9 Å². The quantitative estimate of drug-likeness (QED) is 0.437.